The van der Waals surface area contributed by atoms with Crippen LogP contribution < -0.4 is 10.5 Å². The van der Waals surface area contributed by atoms with E-state index in [0.29, 0.717) is 37.7 Å². The summed E-state index contributed by atoms with van der Waals surface area (Å²) in [5.74, 6) is -0.854. The average molecular weight is 470 g/mol. The van der Waals surface area contributed by atoms with Crippen LogP contribution in [0.25, 0.3) is 0 Å². The Morgan fingerprint density at radius 2 is 1.97 bits per heavy atom. The van der Waals surface area contributed by atoms with Gasteiger partial charge in [0, 0.05) is 44.0 Å². The van der Waals surface area contributed by atoms with Gasteiger partial charge in [0.2, 0.25) is 0 Å². The summed E-state index contributed by atoms with van der Waals surface area (Å²) in [6.45, 7) is 5.87. The summed E-state index contributed by atoms with van der Waals surface area (Å²) in [4.78, 5) is 43.4. The van der Waals surface area contributed by atoms with Crippen molar-refractivity contribution in [3.05, 3.63) is 79.6 Å². The largest absolute Gasteiger partial charge is 0.513 e. The van der Waals surface area contributed by atoms with Crippen molar-refractivity contribution in [3.8, 4) is 0 Å². The number of nitro benzene ring substituents is 1. The Morgan fingerprint density at radius 3 is 2.68 bits per heavy atom. The molecule has 11 nitrogen and oxygen atoms in total. The van der Waals surface area contributed by atoms with Crippen LogP contribution >= 0.6 is 0 Å². The number of methoxy groups -OCH3 is 1. The van der Waals surface area contributed by atoms with Crippen LogP contribution in [0.3, 0.4) is 0 Å². The highest BCUT2D eigenvalue weighted by atomic mass is 16.7. The van der Waals surface area contributed by atoms with Gasteiger partial charge in [0.05, 0.1) is 48.1 Å². The zero-order valence-corrected chi connectivity index (χ0v) is 19.0. The molecule has 180 valence electrons. The predicted molar refractivity (Wildman–Crippen MR) is 123 cm³/mol. The van der Waals surface area contributed by atoms with Gasteiger partial charge >= 0.3 is 6.16 Å². The second-order valence-electron chi connectivity index (χ2n) is 7.97. The molecule has 1 N–H and O–H groups in total. The molecule has 1 saturated heterocycles. The summed E-state index contributed by atoms with van der Waals surface area (Å²) >= 11 is 0. The third kappa shape index (κ3) is 4.52. The number of rotatable bonds is 6. The van der Waals surface area contributed by atoms with Gasteiger partial charge in [-0.2, -0.15) is 0 Å². The number of carbonyl (C=O) groups is 1. The normalized spacial score (nSPS) is 18.4. The Labute approximate surface area is 195 Å². The number of anilines is 1. The molecule has 1 aromatic heterocycles. The maximum atomic E-state index is 13.1. The number of nitro groups is 1. The van der Waals surface area contributed by atoms with Crippen LogP contribution in [0.2, 0.25) is 0 Å². The summed E-state index contributed by atoms with van der Waals surface area (Å²) in [5.41, 5.74) is 1.09. The van der Waals surface area contributed by atoms with Crippen molar-refractivity contribution in [2.24, 2.45) is 0 Å². The second-order valence-corrected chi connectivity index (χ2v) is 7.97. The number of aromatic amines is 1. The van der Waals surface area contributed by atoms with E-state index in [1.807, 2.05) is 4.90 Å². The van der Waals surface area contributed by atoms with Crippen LogP contribution in [0.15, 0.2) is 52.8 Å². The Balaban J connectivity index is 1.86. The van der Waals surface area contributed by atoms with Crippen LogP contribution in [-0.4, -0.2) is 67.5 Å². The van der Waals surface area contributed by atoms with Crippen molar-refractivity contribution in [3.63, 3.8) is 0 Å². The monoisotopic (exact) mass is 470 g/mol. The molecule has 0 radical (unpaired) electrons. The molecule has 2 aromatic rings. The number of carbonyl (C=O) groups excluding carboxylic acids is 1. The topological polar surface area (TPSA) is 127 Å². The van der Waals surface area contributed by atoms with Gasteiger partial charge in [0.25, 0.3) is 11.2 Å². The molecule has 2 aliphatic heterocycles. The minimum atomic E-state index is -0.972. The molecular formula is C23H26N4O7. The van der Waals surface area contributed by atoms with Crippen molar-refractivity contribution in [2.45, 2.75) is 12.8 Å². The highest BCUT2D eigenvalue weighted by Gasteiger charge is 2.40. The van der Waals surface area contributed by atoms with E-state index >= 15 is 0 Å². The Bertz CT molecular complexity index is 1170. The SMILES string of the molecule is COC(=O)OC1=C(C)N(CCN2CCOCC2)c2cc[nH]c(=O)c2C1c1ccccc1[N+](=O)[O-]. The summed E-state index contributed by atoms with van der Waals surface area (Å²) in [6, 6.07) is 7.89. The molecule has 0 saturated carbocycles. The lowest BCUT2D eigenvalue weighted by molar-refractivity contribution is -0.385. The van der Waals surface area contributed by atoms with Crippen LogP contribution in [0.1, 0.15) is 24.0 Å². The molecule has 0 bridgehead atoms. The van der Waals surface area contributed by atoms with E-state index in [1.54, 1.807) is 37.4 Å². The molecule has 0 aliphatic carbocycles. The zero-order chi connectivity index (χ0) is 24.2. The van der Waals surface area contributed by atoms with E-state index < -0.39 is 22.6 Å². The number of hydrogen-bond donors (Lipinski definition) is 1. The first-order valence-corrected chi connectivity index (χ1v) is 10.9. The Hall–Kier alpha value is -3.70. The van der Waals surface area contributed by atoms with Crippen LogP contribution in [0.4, 0.5) is 16.2 Å². The van der Waals surface area contributed by atoms with Gasteiger partial charge < -0.3 is 24.1 Å². The average Bonchev–Trinajstić information content (AvgIpc) is 2.85. The Morgan fingerprint density at radius 1 is 1.24 bits per heavy atom. The van der Waals surface area contributed by atoms with Crippen LogP contribution in [0, 0.1) is 10.1 Å². The summed E-state index contributed by atoms with van der Waals surface area (Å²) in [7, 11) is 1.18. The van der Waals surface area contributed by atoms with Gasteiger partial charge in [-0.3, -0.25) is 19.8 Å². The van der Waals surface area contributed by atoms with Crippen molar-refractivity contribution in [1.82, 2.24) is 9.88 Å². The molecule has 1 unspecified atom stereocenters. The first-order valence-electron chi connectivity index (χ1n) is 10.9. The van der Waals surface area contributed by atoms with Crippen molar-refractivity contribution >= 4 is 17.5 Å². The van der Waals surface area contributed by atoms with Gasteiger partial charge in [0.1, 0.15) is 5.76 Å². The highest BCUT2D eigenvalue weighted by Crippen LogP contribution is 2.45. The van der Waals surface area contributed by atoms with E-state index in [1.165, 1.54) is 13.2 Å². The fourth-order valence-corrected chi connectivity index (χ4v) is 4.46. The van der Waals surface area contributed by atoms with E-state index in [-0.39, 0.29) is 22.6 Å². The van der Waals surface area contributed by atoms with Crippen LogP contribution in [-0.2, 0) is 14.2 Å². The number of hydrogen-bond acceptors (Lipinski definition) is 9. The number of para-hydroxylation sites is 1. The van der Waals surface area contributed by atoms with E-state index in [2.05, 4.69) is 9.88 Å². The van der Waals surface area contributed by atoms with Crippen molar-refractivity contribution < 1.29 is 23.9 Å². The van der Waals surface area contributed by atoms with Gasteiger partial charge in [-0.05, 0) is 13.0 Å². The van der Waals surface area contributed by atoms with Gasteiger partial charge in [0.15, 0.2) is 0 Å². The molecule has 34 heavy (non-hydrogen) atoms. The maximum Gasteiger partial charge on any atom is 0.513 e. The standard InChI is InChI=1S/C23H26N4O7/c1-15-21(34-23(29)32-2)19(16-5-3-4-6-17(16)27(30)31)20-18(7-8-24-22(20)28)26(15)10-9-25-11-13-33-14-12-25/h3-8,19H,9-14H2,1-2H3,(H,24,28). The second kappa shape index (κ2) is 10.1. The number of nitrogens with one attached hydrogen (secondary N) is 1. The first kappa shape index (κ1) is 23.5. The van der Waals surface area contributed by atoms with Crippen LogP contribution in [0.5, 0.6) is 0 Å². The molecule has 0 amide bonds. The molecule has 0 spiro atoms. The number of allylic oxidation sites excluding steroid dienone is 2. The summed E-state index contributed by atoms with van der Waals surface area (Å²) < 4.78 is 15.7. The zero-order valence-electron chi connectivity index (χ0n) is 19.0. The lowest BCUT2D eigenvalue weighted by Gasteiger charge is -2.38. The fourth-order valence-electron chi connectivity index (χ4n) is 4.46. The number of ether oxygens (including phenoxy) is 3. The number of H-pyrrole nitrogens is 1. The number of benzene rings is 1. The van der Waals surface area contributed by atoms with Crippen molar-refractivity contribution in [2.75, 3.05) is 51.4 Å². The Kier molecular flexibility index (Phi) is 6.94. The highest BCUT2D eigenvalue weighted by molar-refractivity contribution is 5.70. The molecule has 3 heterocycles. The molecule has 4 rings (SSSR count). The van der Waals surface area contributed by atoms with Gasteiger partial charge in [-0.25, -0.2) is 4.79 Å². The lowest BCUT2D eigenvalue weighted by Crippen LogP contribution is -2.43. The molecule has 11 heteroatoms. The number of pyridine rings is 1. The fraction of sp³-hybridized carbons (Fsp3) is 0.391. The van der Waals surface area contributed by atoms with Gasteiger partial charge in [-0.1, -0.05) is 18.2 Å². The molecule has 1 aromatic carbocycles. The number of aromatic nitrogens is 1. The quantitative estimate of drug-likeness (QED) is 0.385. The molecule has 1 fully saturated rings. The summed E-state index contributed by atoms with van der Waals surface area (Å²) in [5, 5.41) is 11.8. The van der Waals surface area contributed by atoms with E-state index in [0.717, 1.165) is 13.1 Å². The molecule has 1 atom stereocenters. The first-order chi connectivity index (χ1) is 16.4. The van der Waals surface area contributed by atoms with Gasteiger partial charge in [-0.15, -0.1) is 0 Å². The van der Waals surface area contributed by atoms with Crippen molar-refractivity contribution in [1.29, 1.82) is 0 Å². The van der Waals surface area contributed by atoms with E-state index in [4.69, 9.17) is 14.2 Å². The molecular weight excluding hydrogens is 444 g/mol. The van der Waals surface area contributed by atoms with E-state index in [9.17, 15) is 19.7 Å². The number of fused-ring (bicyclic) bond motifs is 1. The predicted octanol–water partition coefficient (Wildman–Crippen LogP) is 2.58. The third-order valence-electron chi connectivity index (χ3n) is 6.13. The maximum absolute atomic E-state index is 13.1. The molecule has 2 aliphatic rings. The minimum absolute atomic E-state index is 0.118. The third-order valence-corrected chi connectivity index (χ3v) is 6.13. The lowest BCUT2D eigenvalue weighted by atomic mass is 9.84. The summed E-state index contributed by atoms with van der Waals surface area (Å²) in [6.07, 6.45) is 0.570. The number of morpholine rings is 1. The number of nitrogens with zero attached hydrogens (tertiary/aromatic N) is 3. The minimum Gasteiger partial charge on any atom is -0.437 e. The smallest absolute Gasteiger partial charge is 0.437 e.